The fraction of sp³-hybridized carbons (Fsp3) is 0.480. The van der Waals surface area contributed by atoms with Crippen molar-refractivity contribution in [2.75, 3.05) is 30.8 Å². The van der Waals surface area contributed by atoms with Crippen molar-refractivity contribution in [3.05, 3.63) is 63.7 Å². The second-order valence-corrected chi connectivity index (χ2v) is 10.8. The highest BCUT2D eigenvalue weighted by atomic mass is 32.2. The van der Waals surface area contributed by atoms with Gasteiger partial charge in [0.25, 0.3) is 5.69 Å². The van der Waals surface area contributed by atoms with E-state index >= 15 is 0 Å². The number of methoxy groups -OCH3 is 1. The quantitative estimate of drug-likeness (QED) is 0.357. The average Bonchev–Trinajstić information content (AvgIpc) is 2.85. The summed E-state index contributed by atoms with van der Waals surface area (Å²) in [4.78, 5) is 26.4. The van der Waals surface area contributed by atoms with Crippen molar-refractivity contribution in [2.24, 2.45) is 0 Å². The first-order valence-electron chi connectivity index (χ1n) is 12.0. The Kier molecular flexibility index (Phi) is 9.27. The molecule has 2 aromatic rings. The van der Waals surface area contributed by atoms with Gasteiger partial charge in [0.2, 0.25) is 15.9 Å². The highest BCUT2D eigenvalue weighted by molar-refractivity contribution is 7.92. The maximum absolute atomic E-state index is 13.2. The number of likely N-dealkylation sites (tertiary alicyclic amines) is 1. The number of sulfonamides is 1. The SMILES string of the molecule is CC[C@H](C(=O)NCc1cccc(CN2CCCCC2)c1)N(c1cc([N+](=O)[O-])ccc1OC)S(C)(=O)=O. The van der Waals surface area contributed by atoms with Crippen molar-refractivity contribution in [1.82, 2.24) is 10.2 Å². The van der Waals surface area contributed by atoms with E-state index in [1.807, 2.05) is 18.2 Å². The van der Waals surface area contributed by atoms with E-state index in [1.54, 1.807) is 6.92 Å². The molecule has 0 aromatic heterocycles. The zero-order valence-electron chi connectivity index (χ0n) is 21.0. The molecule has 1 aliphatic heterocycles. The van der Waals surface area contributed by atoms with Gasteiger partial charge in [-0.3, -0.25) is 24.1 Å². The molecule has 2 aromatic carbocycles. The molecule has 0 radical (unpaired) electrons. The maximum atomic E-state index is 13.2. The minimum absolute atomic E-state index is 0.0558. The molecule has 0 unspecified atom stereocenters. The number of rotatable bonds is 11. The molecule has 0 spiro atoms. The summed E-state index contributed by atoms with van der Waals surface area (Å²) in [5, 5.41) is 14.2. The summed E-state index contributed by atoms with van der Waals surface area (Å²) < 4.78 is 31.8. The lowest BCUT2D eigenvalue weighted by molar-refractivity contribution is -0.384. The lowest BCUT2D eigenvalue weighted by Crippen LogP contribution is -2.49. The van der Waals surface area contributed by atoms with Crippen molar-refractivity contribution in [3.63, 3.8) is 0 Å². The van der Waals surface area contributed by atoms with Crippen LogP contribution in [0.2, 0.25) is 0 Å². The van der Waals surface area contributed by atoms with Gasteiger partial charge in [0.05, 0.1) is 18.3 Å². The van der Waals surface area contributed by atoms with E-state index in [4.69, 9.17) is 4.74 Å². The highest BCUT2D eigenvalue weighted by Crippen LogP contribution is 2.35. The van der Waals surface area contributed by atoms with Gasteiger partial charge in [-0.2, -0.15) is 0 Å². The zero-order valence-corrected chi connectivity index (χ0v) is 21.8. The van der Waals surface area contributed by atoms with Crippen LogP contribution in [0.15, 0.2) is 42.5 Å². The fourth-order valence-corrected chi connectivity index (χ4v) is 5.73. The molecule has 1 heterocycles. The molecule has 0 aliphatic carbocycles. The number of hydrogen-bond acceptors (Lipinski definition) is 7. The molecule has 1 N–H and O–H groups in total. The molecule has 36 heavy (non-hydrogen) atoms. The molecular weight excluding hydrogens is 484 g/mol. The number of non-ortho nitro benzene ring substituents is 1. The normalized spacial score (nSPS) is 15.2. The van der Waals surface area contributed by atoms with E-state index in [9.17, 15) is 23.3 Å². The monoisotopic (exact) mass is 518 g/mol. The molecule has 1 amide bonds. The Morgan fingerprint density at radius 2 is 1.86 bits per heavy atom. The van der Waals surface area contributed by atoms with Crippen LogP contribution >= 0.6 is 0 Å². The molecule has 1 saturated heterocycles. The summed E-state index contributed by atoms with van der Waals surface area (Å²) in [7, 11) is -2.65. The van der Waals surface area contributed by atoms with Crippen LogP contribution in [0.3, 0.4) is 0 Å². The second-order valence-electron chi connectivity index (χ2n) is 8.97. The van der Waals surface area contributed by atoms with Crippen LogP contribution in [0, 0.1) is 10.1 Å². The molecule has 11 heteroatoms. The molecule has 1 aliphatic rings. The molecule has 1 fully saturated rings. The number of anilines is 1. The van der Waals surface area contributed by atoms with Gasteiger partial charge in [-0.1, -0.05) is 37.6 Å². The zero-order chi connectivity index (χ0) is 26.3. The lowest BCUT2D eigenvalue weighted by atomic mass is 10.1. The van der Waals surface area contributed by atoms with Crippen LogP contribution in [0.1, 0.15) is 43.7 Å². The van der Waals surface area contributed by atoms with Crippen molar-refractivity contribution >= 4 is 27.3 Å². The number of nitrogens with zero attached hydrogens (tertiary/aromatic N) is 3. The summed E-state index contributed by atoms with van der Waals surface area (Å²) in [6.45, 7) is 4.94. The van der Waals surface area contributed by atoms with Gasteiger partial charge in [-0.25, -0.2) is 8.42 Å². The van der Waals surface area contributed by atoms with E-state index in [1.165, 1.54) is 38.5 Å². The Bertz CT molecular complexity index is 1180. The lowest BCUT2D eigenvalue weighted by Gasteiger charge is -2.31. The number of carbonyl (C=O) groups excluding carboxylic acids is 1. The number of nitro groups is 1. The Morgan fingerprint density at radius 3 is 2.47 bits per heavy atom. The first kappa shape index (κ1) is 27.4. The van der Waals surface area contributed by atoms with Crippen LogP contribution in [0.5, 0.6) is 5.75 Å². The standard InChI is InChI=1S/C25H34N4O6S/c1-4-22(28(36(3,33)34)23-16-21(29(31)32)11-12-24(23)35-2)25(30)26-17-19-9-8-10-20(15-19)18-27-13-6-5-7-14-27/h8-12,15-16,22H,4-7,13-14,17-18H2,1-3H3,(H,26,30)/t22-/m1/s1. The van der Waals surface area contributed by atoms with Gasteiger partial charge in [-0.05, 0) is 49.5 Å². The second kappa shape index (κ2) is 12.2. The predicted molar refractivity (Wildman–Crippen MR) is 138 cm³/mol. The third-order valence-electron chi connectivity index (χ3n) is 6.25. The first-order chi connectivity index (χ1) is 17.1. The third kappa shape index (κ3) is 6.94. The fourth-order valence-electron chi connectivity index (χ4n) is 4.52. The maximum Gasteiger partial charge on any atom is 0.271 e. The number of benzene rings is 2. The van der Waals surface area contributed by atoms with Crippen LogP contribution in [0.25, 0.3) is 0 Å². The number of nitro benzene ring substituents is 1. The first-order valence-corrected chi connectivity index (χ1v) is 13.9. The highest BCUT2D eigenvalue weighted by Gasteiger charge is 2.34. The van der Waals surface area contributed by atoms with Gasteiger partial charge in [-0.15, -0.1) is 0 Å². The largest absolute Gasteiger partial charge is 0.495 e. The summed E-state index contributed by atoms with van der Waals surface area (Å²) in [6.07, 6.45) is 4.81. The van der Waals surface area contributed by atoms with E-state index in [0.29, 0.717) is 0 Å². The minimum Gasteiger partial charge on any atom is -0.495 e. The van der Waals surface area contributed by atoms with E-state index < -0.39 is 26.9 Å². The molecule has 1 atom stereocenters. The molecule has 196 valence electrons. The Labute approximate surface area is 212 Å². The average molecular weight is 519 g/mol. The van der Waals surface area contributed by atoms with Crippen LogP contribution in [-0.4, -0.2) is 56.6 Å². The van der Waals surface area contributed by atoms with E-state index in [2.05, 4.69) is 16.3 Å². The van der Waals surface area contributed by atoms with Crippen molar-refractivity contribution < 1.29 is 22.9 Å². The predicted octanol–water partition coefficient (Wildman–Crippen LogP) is 3.45. The Hall–Kier alpha value is -3.18. The number of hydrogen-bond donors (Lipinski definition) is 1. The van der Waals surface area contributed by atoms with Crippen LogP contribution < -0.4 is 14.4 Å². The summed E-state index contributed by atoms with van der Waals surface area (Å²) in [6, 6.07) is 10.5. The molecular formula is C25H34N4O6S. The summed E-state index contributed by atoms with van der Waals surface area (Å²) in [5.41, 5.74) is 1.71. The number of ether oxygens (including phenoxy) is 1. The van der Waals surface area contributed by atoms with Crippen LogP contribution in [-0.2, 0) is 27.9 Å². The number of carbonyl (C=O) groups is 1. The summed E-state index contributed by atoms with van der Waals surface area (Å²) in [5.74, 6) is -0.388. The van der Waals surface area contributed by atoms with E-state index in [0.717, 1.165) is 47.4 Å². The Morgan fingerprint density at radius 1 is 1.17 bits per heavy atom. The van der Waals surface area contributed by atoms with Gasteiger partial charge >= 0.3 is 0 Å². The number of piperidine rings is 1. The van der Waals surface area contributed by atoms with Gasteiger partial charge < -0.3 is 10.1 Å². The van der Waals surface area contributed by atoms with E-state index in [-0.39, 0.29) is 30.1 Å². The van der Waals surface area contributed by atoms with Gasteiger partial charge in [0.15, 0.2) is 0 Å². The molecule has 0 saturated carbocycles. The number of amides is 1. The summed E-state index contributed by atoms with van der Waals surface area (Å²) >= 11 is 0. The number of nitrogens with one attached hydrogen (secondary N) is 1. The van der Waals surface area contributed by atoms with Crippen molar-refractivity contribution in [2.45, 2.75) is 51.7 Å². The molecule has 0 bridgehead atoms. The Balaban J connectivity index is 1.80. The molecule has 3 rings (SSSR count). The van der Waals surface area contributed by atoms with Crippen molar-refractivity contribution in [3.8, 4) is 5.75 Å². The third-order valence-corrected chi connectivity index (χ3v) is 7.42. The van der Waals surface area contributed by atoms with Crippen molar-refractivity contribution in [1.29, 1.82) is 0 Å². The minimum atomic E-state index is -3.99. The topological polar surface area (TPSA) is 122 Å². The van der Waals surface area contributed by atoms with Crippen LogP contribution in [0.4, 0.5) is 11.4 Å². The smallest absolute Gasteiger partial charge is 0.271 e. The molecule has 10 nitrogen and oxygen atoms in total. The van der Waals surface area contributed by atoms with Gasteiger partial charge in [0.1, 0.15) is 17.5 Å². The van der Waals surface area contributed by atoms with Gasteiger partial charge in [0, 0.05) is 25.2 Å².